The Kier molecular flexibility index (Phi) is 4.52. The van der Waals surface area contributed by atoms with Crippen LogP contribution in [0, 0.1) is 0 Å². The highest BCUT2D eigenvalue weighted by Crippen LogP contribution is 2.21. The van der Waals surface area contributed by atoms with Crippen LogP contribution in [-0.2, 0) is 11.2 Å². The maximum atomic E-state index is 12.1. The van der Waals surface area contributed by atoms with Gasteiger partial charge in [0.2, 0.25) is 5.91 Å². The summed E-state index contributed by atoms with van der Waals surface area (Å²) in [4.78, 5) is 16.4. The minimum atomic E-state index is -0.0106. The number of methoxy groups -OCH3 is 1. The van der Waals surface area contributed by atoms with Crippen molar-refractivity contribution in [1.82, 2.24) is 4.98 Å². The van der Waals surface area contributed by atoms with Crippen LogP contribution in [0.3, 0.4) is 0 Å². The monoisotopic (exact) mass is 306 g/mol. The third-order valence-electron chi connectivity index (χ3n) is 3.66. The van der Waals surface area contributed by atoms with Crippen LogP contribution in [0.5, 0.6) is 5.75 Å². The summed E-state index contributed by atoms with van der Waals surface area (Å²) in [6, 6.07) is 17.6. The number of amides is 1. The molecule has 0 aliphatic carbocycles. The third kappa shape index (κ3) is 3.86. The first-order valence-corrected chi connectivity index (χ1v) is 7.52. The normalized spacial score (nSPS) is 10.5. The predicted molar refractivity (Wildman–Crippen MR) is 91.7 cm³/mol. The van der Waals surface area contributed by atoms with E-state index in [9.17, 15) is 4.79 Å². The molecule has 0 aliphatic heterocycles. The molecule has 0 unspecified atom stereocenters. The Morgan fingerprint density at radius 1 is 1.13 bits per heavy atom. The standard InChI is InChI=1S/C19H18N2O2/c1-23-17-9-8-15-11-16(13-20-18(15)12-17)21-19(22)10-7-14-5-3-2-4-6-14/h2-6,8-9,11-13H,7,10H2,1H3,(H,21,22). The quantitative estimate of drug-likeness (QED) is 0.779. The number of pyridine rings is 1. The number of hydrogen-bond acceptors (Lipinski definition) is 3. The van der Waals surface area contributed by atoms with Crippen molar-refractivity contribution < 1.29 is 9.53 Å². The first kappa shape index (κ1) is 15.0. The highest BCUT2D eigenvalue weighted by Gasteiger charge is 2.05. The maximum absolute atomic E-state index is 12.1. The fourth-order valence-corrected chi connectivity index (χ4v) is 2.42. The number of rotatable bonds is 5. The van der Waals surface area contributed by atoms with Crippen molar-refractivity contribution in [3.8, 4) is 5.75 Å². The molecule has 116 valence electrons. The van der Waals surface area contributed by atoms with Crippen LogP contribution in [0.4, 0.5) is 5.69 Å². The SMILES string of the molecule is COc1ccc2cc(NC(=O)CCc3ccccc3)cnc2c1. The van der Waals surface area contributed by atoms with Gasteiger partial charge in [-0.1, -0.05) is 30.3 Å². The maximum Gasteiger partial charge on any atom is 0.224 e. The molecule has 0 radical (unpaired) electrons. The van der Waals surface area contributed by atoms with E-state index in [1.165, 1.54) is 0 Å². The number of aryl methyl sites for hydroxylation is 1. The molecule has 1 heterocycles. The minimum absolute atomic E-state index is 0.0106. The van der Waals surface area contributed by atoms with Crippen molar-refractivity contribution in [2.75, 3.05) is 12.4 Å². The molecule has 3 aromatic rings. The Morgan fingerprint density at radius 2 is 1.96 bits per heavy atom. The fourth-order valence-electron chi connectivity index (χ4n) is 2.42. The van der Waals surface area contributed by atoms with Gasteiger partial charge in [0.1, 0.15) is 5.75 Å². The number of fused-ring (bicyclic) bond motifs is 1. The molecular weight excluding hydrogens is 288 g/mol. The number of nitrogens with zero attached hydrogens (tertiary/aromatic N) is 1. The zero-order valence-electron chi connectivity index (χ0n) is 13.0. The number of carbonyl (C=O) groups is 1. The number of ether oxygens (including phenoxy) is 1. The van der Waals surface area contributed by atoms with Crippen LogP contribution in [0.2, 0.25) is 0 Å². The number of aromatic nitrogens is 1. The van der Waals surface area contributed by atoms with Gasteiger partial charge >= 0.3 is 0 Å². The van der Waals surface area contributed by atoms with Crippen molar-refractivity contribution in [3.63, 3.8) is 0 Å². The largest absolute Gasteiger partial charge is 0.497 e. The second-order valence-corrected chi connectivity index (χ2v) is 5.32. The summed E-state index contributed by atoms with van der Waals surface area (Å²) in [6.07, 6.45) is 2.84. The number of carbonyl (C=O) groups excluding carboxylic acids is 1. The van der Waals surface area contributed by atoms with Gasteiger partial charge in [0, 0.05) is 17.9 Å². The van der Waals surface area contributed by atoms with E-state index in [0.29, 0.717) is 12.1 Å². The van der Waals surface area contributed by atoms with Crippen LogP contribution < -0.4 is 10.1 Å². The lowest BCUT2D eigenvalue weighted by Gasteiger charge is -2.07. The Hall–Kier alpha value is -2.88. The fraction of sp³-hybridized carbons (Fsp3) is 0.158. The second-order valence-electron chi connectivity index (χ2n) is 5.32. The van der Waals surface area contributed by atoms with E-state index in [0.717, 1.165) is 28.6 Å². The van der Waals surface area contributed by atoms with E-state index < -0.39 is 0 Å². The zero-order valence-corrected chi connectivity index (χ0v) is 13.0. The average Bonchev–Trinajstić information content (AvgIpc) is 2.60. The molecule has 0 saturated carbocycles. The molecule has 1 amide bonds. The van der Waals surface area contributed by atoms with E-state index in [2.05, 4.69) is 10.3 Å². The van der Waals surface area contributed by atoms with Crippen molar-refractivity contribution in [2.24, 2.45) is 0 Å². The minimum Gasteiger partial charge on any atom is -0.497 e. The number of benzene rings is 2. The molecule has 23 heavy (non-hydrogen) atoms. The predicted octanol–water partition coefficient (Wildman–Crippen LogP) is 3.81. The van der Waals surface area contributed by atoms with Gasteiger partial charge in [0.05, 0.1) is 24.5 Å². The van der Waals surface area contributed by atoms with E-state index in [4.69, 9.17) is 4.74 Å². The third-order valence-corrected chi connectivity index (χ3v) is 3.66. The first-order valence-electron chi connectivity index (χ1n) is 7.52. The van der Waals surface area contributed by atoms with Crippen LogP contribution in [0.15, 0.2) is 60.8 Å². The van der Waals surface area contributed by atoms with E-state index in [-0.39, 0.29) is 5.91 Å². The number of anilines is 1. The lowest BCUT2D eigenvalue weighted by Crippen LogP contribution is -2.12. The molecular formula is C19H18N2O2. The molecule has 1 aromatic heterocycles. The molecule has 2 aromatic carbocycles. The van der Waals surface area contributed by atoms with E-state index in [1.54, 1.807) is 13.3 Å². The zero-order chi connectivity index (χ0) is 16.1. The summed E-state index contributed by atoms with van der Waals surface area (Å²) >= 11 is 0. The van der Waals surface area contributed by atoms with Gasteiger partial charge in [0.15, 0.2) is 0 Å². The summed E-state index contributed by atoms with van der Waals surface area (Å²) in [6.45, 7) is 0. The van der Waals surface area contributed by atoms with Crippen molar-refractivity contribution >= 4 is 22.5 Å². The molecule has 4 heteroatoms. The highest BCUT2D eigenvalue weighted by atomic mass is 16.5. The van der Waals surface area contributed by atoms with E-state index in [1.807, 2.05) is 54.6 Å². The van der Waals surface area contributed by atoms with Crippen LogP contribution in [-0.4, -0.2) is 18.0 Å². The average molecular weight is 306 g/mol. The van der Waals surface area contributed by atoms with Gasteiger partial charge in [-0.2, -0.15) is 0 Å². The Bertz CT molecular complexity index is 816. The smallest absolute Gasteiger partial charge is 0.224 e. The molecule has 0 bridgehead atoms. The van der Waals surface area contributed by atoms with Crippen molar-refractivity contribution in [3.05, 3.63) is 66.4 Å². The van der Waals surface area contributed by atoms with Crippen molar-refractivity contribution in [2.45, 2.75) is 12.8 Å². The Morgan fingerprint density at radius 3 is 2.74 bits per heavy atom. The molecule has 0 aliphatic rings. The molecule has 0 saturated heterocycles. The first-order chi connectivity index (χ1) is 11.2. The molecule has 1 N–H and O–H groups in total. The Balaban J connectivity index is 1.65. The second kappa shape index (κ2) is 6.92. The van der Waals surface area contributed by atoms with Gasteiger partial charge in [-0.15, -0.1) is 0 Å². The summed E-state index contributed by atoms with van der Waals surface area (Å²) < 4.78 is 5.18. The lowest BCUT2D eigenvalue weighted by atomic mass is 10.1. The lowest BCUT2D eigenvalue weighted by molar-refractivity contribution is -0.116. The Labute approximate surface area is 135 Å². The van der Waals surface area contributed by atoms with Crippen molar-refractivity contribution in [1.29, 1.82) is 0 Å². The van der Waals surface area contributed by atoms with Gasteiger partial charge in [-0.25, -0.2) is 0 Å². The molecule has 4 nitrogen and oxygen atoms in total. The summed E-state index contributed by atoms with van der Waals surface area (Å²) in [5.41, 5.74) is 2.71. The molecule has 3 rings (SSSR count). The topological polar surface area (TPSA) is 51.2 Å². The van der Waals surface area contributed by atoms with Gasteiger partial charge in [-0.05, 0) is 30.2 Å². The number of hydrogen-bond donors (Lipinski definition) is 1. The van der Waals surface area contributed by atoms with Crippen LogP contribution >= 0.6 is 0 Å². The van der Waals surface area contributed by atoms with Gasteiger partial charge in [0.25, 0.3) is 0 Å². The summed E-state index contributed by atoms with van der Waals surface area (Å²) in [5, 5.41) is 3.86. The molecule has 0 atom stereocenters. The van der Waals surface area contributed by atoms with Gasteiger partial charge in [-0.3, -0.25) is 9.78 Å². The van der Waals surface area contributed by atoms with E-state index >= 15 is 0 Å². The summed E-state index contributed by atoms with van der Waals surface area (Å²) in [7, 11) is 1.63. The highest BCUT2D eigenvalue weighted by molar-refractivity contribution is 5.93. The molecule has 0 fully saturated rings. The summed E-state index contributed by atoms with van der Waals surface area (Å²) in [5.74, 6) is 0.758. The van der Waals surface area contributed by atoms with Crippen LogP contribution in [0.25, 0.3) is 10.9 Å². The number of nitrogens with one attached hydrogen (secondary N) is 1. The van der Waals surface area contributed by atoms with Crippen LogP contribution in [0.1, 0.15) is 12.0 Å². The van der Waals surface area contributed by atoms with Gasteiger partial charge < -0.3 is 10.1 Å². The molecule has 0 spiro atoms.